The Morgan fingerprint density at radius 3 is 2.84 bits per heavy atom. The molecule has 5 heteroatoms. The monoisotopic (exact) mass is 281 g/mol. The maximum atomic E-state index is 11.9. The topological polar surface area (TPSA) is 57.6 Å². The molecule has 0 radical (unpaired) electrons. The predicted octanol–water partition coefficient (Wildman–Crippen LogP) is 2.31. The number of hydrogen-bond acceptors (Lipinski definition) is 3. The van der Waals surface area contributed by atoms with Gasteiger partial charge in [-0.05, 0) is 38.3 Å². The molecule has 1 atom stereocenters. The summed E-state index contributed by atoms with van der Waals surface area (Å²) in [4.78, 5) is 27.1. The number of amides is 1. The van der Waals surface area contributed by atoms with Gasteiger partial charge in [0.1, 0.15) is 0 Å². The van der Waals surface area contributed by atoms with Gasteiger partial charge in [-0.25, -0.2) is 0 Å². The van der Waals surface area contributed by atoms with Gasteiger partial charge < -0.3 is 10.0 Å². The van der Waals surface area contributed by atoms with Gasteiger partial charge in [0, 0.05) is 29.3 Å². The molecule has 0 saturated carbocycles. The van der Waals surface area contributed by atoms with Crippen LogP contribution in [0.1, 0.15) is 29.0 Å². The molecule has 2 rings (SSSR count). The van der Waals surface area contributed by atoms with Crippen LogP contribution in [-0.4, -0.2) is 35.0 Å². The van der Waals surface area contributed by atoms with Crippen molar-refractivity contribution in [1.82, 2.24) is 4.90 Å². The van der Waals surface area contributed by atoms with Gasteiger partial charge in [0.25, 0.3) is 0 Å². The fourth-order valence-corrected chi connectivity index (χ4v) is 3.31. The van der Waals surface area contributed by atoms with Crippen molar-refractivity contribution in [3.05, 3.63) is 21.9 Å². The molecule has 4 nitrogen and oxygen atoms in total. The SMILES string of the molecule is Cc1ccc(CCCC(=O)N2CC[C@H](C(=O)O)C2)s1. The van der Waals surface area contributed by atoms with E-state index in [4.69, 9.17) is 5.11 Å². The molecule has 1 amide bonds. The molecule has 2 heterocycles. The van der Waals surface area contributed by atoms with E-state index in [0.29, 0.717) is 25.9 Å². The zero-order chi connectivity index (χ0) is 13.8. The molecule has 1 aromatic rings. The Labute approximate surface area is 117 Å². The standard InChI is InChI=1S/C14H19NO3S/c1-10-5-6-12(19-10)3-2-4-13(16)15-8-7-11(9-15)14(17)18/h5-6,11H,2-4,7-9H2,1H3,(H,17,18)/t11-/m0/s1. The molecule has 0 aromatic carbocycles. The summed E-state index contributed by atoms with van der Waals surface area (Å²) >= 11 is 1.77. The highest BCUT2D eigenvalue weighted by atomic mass is 32.1. The average Bonchev–Trinajstić information content (AvgIpc) is 2.98. The summed E-state index contributed by atoms with van der Waals surface area (Å²) in [5, 5.41) is 8.90. The highest BCUT2D eigenvalue weighted by Crippen LogP contribution is 2.20. The van der Waals surface area contributed by atoms with Crippen molar-refractivity contribution in [1.29, 1.82) is 0 Å². The van der Waals surface area contributed by atoms with E-state index in [2.05, 4.69) is 19.1 Å². The van der Waals surface area contributed by atoms with Crippen LogP contribution in [0.25, 0.3) is 0 Å². The van der Waals surface area contributed by atoms with Crippen LogP contribution in [0.5, 0.6) is 0 Å². The van der Waals surface area contributed by atoms with Crippen molar-refractivity contribution in [2.75, 3.05) is 13.1 Å². The zero-order valence-electron chi connectivity index (χ0n) is 11.1. The van der Waals surface area contributed by atoms with Gasteiger partial charge in [0.15, 0.2) is 0 Å². The summed E-state index contributed by atoms with van der Waals surface area (Å²) < 4.78 is 0. The largest absolute Gasteiger partial charge is 0.481 e. The number of likely N-dealkylation sites (tertiary alicyclic amines) is 1. The van der Waals surface area contributed by atoms with E-state index in [9.17, 15) is 9.59 Å². The smallest absolute Gasteiger partial charge is 0.308 e. The van der Waals surface area contributed by atoms with Crippen LogP contribution in [0.15, 0.2) is 12.1 Å². The Balaban J connectivity index is 1.72. The third-order valence-electron chi connectivity index (χ3n) is 3.50. The number of nitrogens with zero attached hydrogens (tertiary/aromatic N) is 1. The fourth-order valence-electron chi connectivity index (χ4n) is 2.38. The molecule has 1 saturated heterocycles. The van der Waals surface area contributed by atoms with Gasteiger partial charge in [-0.2, -0.15) is 0 Å². The lowest BCUT2D eigenvalue weighted by atomic mass is 10.1. The Morgan fingerprint density at radius 2 is 2.26 bits per heavy atom. The van der Waals surface area contributed by atoms with E-state index >= 15 is 0 Å². The van der Waals surface area contributed by atoms with Gasteiger partial charge in [0.2, 0.25) is 5.91 Å². The van der Waals surface area contributed by atoms with Gasteiger partial charge in [-0.15, -0.1) is 11.3 Å². The second-order valence-electron chi connectivity index (χ2n) is 5.03. The molecular weight excluding hydrogens is 262 g/mol. The molecule has 1 fully saturated rings. The van der Waals surface area contributed by atoms with Gasteiger partial charge in [-0.3, -0.25) is 9.59 Å². The molecule has 1 aliphatic rings. The first-order chi connectivity index (χ1) is 9.06. The van der Waals surface area contributed by atoms with Crippen molar-refractivity contribution in [2.45, 2.75) is 32.6 Å². The summed E-state index contributed by atoms with van der Waals surface area (Å²) in [7, 11) is 0. The number of hydrogen-bond donors (Lipinski definition) is 1. The summed E-state index contributed by atoms with van der Waals surface area (Å²) in [6, 6.07) is 4.21. The van der Waals surface area contributed by atoms with Crippen LogP contribution in [0.3, 0.4) is 0 Å². The third kappa shape index (κ3) is 3.80. The lowest BCUT2D eigenvalue weighted by Crippen LogP contribution is -2.29. The number of carbonyl (C=O) groups excluding carboxylic acids is 1. The first-order valence-electron chi connectivity index (χ1n) is 6.62. The molecular formula is C14H19NO3S. The van der Waals surface area contributed by atoms with Crippen molar-refractivity contribution in [3.8, 4) is 0 Å². The Bertz CT molecular complexity index is 469. The molecule has 0 spiro atoms. The van der Waals surface area contributed by atoms with Gasteiger partial charge >= 0.3 is 5.97 Å². The number of carboxylic acids is 1. The molecule has 1 aromatic heterocycles. The molecule has 0 unspecified atom stereocenters. The number of thiophene rings is 1. The molecule has 104 valence electrons. The second-order valence-corrected chi connectivity index (χ2v) is 6.40. The lowest BCUT2D eigenvalue weighted by Gasteiger charge is -2.15. The normalized spacial score (nSPS) is 18.8. The lowest BCUT2D eigenvalue weighted by molar-refractivity contribution is -0.141. The number of aliphatic carboxylic acids is 1. The average molecular weight is 281 g/mol. The van der Waals surface area contributed by atoms with Crippen LogP contribution >= 0.6 is 11.3 Å². The maximum Gasteiger partial charge on any atom is 0.308 e. The number of rotatable bonds is 5. The van der Waals surface area contributed by atoms with E-state index in [1.54, 1.807) is 16.2 Å². The van der Waals surface area contributed by atoms with Crippen LogP contribution in [0.4, 0.5) is 0 Å². The molecule has 1 N–H and O–H groups in total. The zero-order valence-corrected chi connectivity index (χ0v) is 11.9. The van der Waals surface area contributed by atoms with Gasteiger partial charge in [0.05, 0.1) is 5.92 Å². The highest BCUT2D eigenvalue weighted by molar-refractivity contribution is 7.11. The Hall–Kier alpha value is -1.36. The maximum absolute atomic E-state index is 11.9. The van der Waals surface area contributed by atoms with E-state index in [-0.39, 0.29) is 11.8 Å². The minimum absolute atomic E-state index is 0.0945. The molecule has 19 heavy (non-hydrogen) atoms. The van der Waals surface area contributed by atoms with Crippen LogP contribution < -0.4 is 0 Å². The first kappa shape index (κ1) is 14.1. The predicted molar refractivity (Wildman–Crippen MR) is 74.3 cm³/mol. The van der Waals surface area contributed by atoms with Crippen LogP contribution in [-0.2, 0) is 16.0 Å². The molecule has 0 bridgehead atoms. The van der Waals surface area contributed by atoms with Crippen molar-refractivity contribution in [2.24, 2.45) is 5.92 Å². The minimum Gasteiger partial charge on any atom is -0.481 e. The Morgan fingerprint density at radius 1 is 1.47 bits per heavy atom. The first-order valence-corrected chi connectivity index (χ1v) is 7.44. The van der Waals surface area contributed by atoms with E-state index in [1.165, 1.54) is 9.75 Å². The van der Waals surface area contributed by atoms with E-state index < -0.39 is 5.97 Å². The summed E-state index contributed by atoms with van der Waals surface area (Å²) in [5.74, 6) is -1.06. The third-order valence-corrected chi connectivity index (χ3v) is 4.56. The number of carbonyl (C=O) groups is 2. The number of aryl methyl sites for hydroxylation is 2. The fraction of sp³-hybridized carbons (Fsp3) is 0.571. The summed E-state index contributed by atoms with van der Waals surface area (Å²) in [5.41, 5.74) is 0. The van der Waals surface area contributed by atoms with E-state index in [0.717, 1.165) is 12.8 Å². The van der Waals surface area contributed by atoms with E-state index in [1.807, 2.05) is 0 Å². The Kier molecular flexibility index (Phi) is 4.58. The second kappa shape index (κ2) is 6.19. The quantitative estimate of drug-likeness (QED) is 0.901. The van der Waals surface area contributed by atoms with Crippen molar-refractivity contribution >= 4 is 23.2 Å². The van der Waals surface area contributed by atoms with Crippen LogP contribution in [0.2, 0.25) is 0 Å². The summed E-state index contributed by atoms with van der Waals surface area (Å²) in [6.07, 6.45) is 2.88. The summed E-state index contributed by atoms with van der Waals surface area (Å²) in [6.45, 7) is 3.05. The molecule has 0 aliphatic carbocycles. The minimum atomic E-state index is -0.788. The van der Waals surface area contributed by atoms with Crippen molar-refractivity contribution < 1.29 is 14.7 Å². The van der Waals surface area contributed by atoms with Crippen LogP contribution in [0, 0.1) is 12.8 Å². The highest BCUT2D eigenvalue weighted by Gasteiger charge is 2.30. The number of carboxylic acid groups (broad SMARTS) is 1. The molecule has 1 aliphatic heterocycles. The van der Waals surface area contributed by atoms with Gasteiger partial charge in [-0.1, -0.05) is 0 Å². The van der Waals surface area contributed by atoms with Crippen molar-refractivity contribution in [3.63, 3.8) is 0 Å².